The van der Waals surface area contributed by atoms with Gasteiger partial charge in [-0.1, -0.05) is 41.9 Å². The Labute approximate surface area is 139 Å². The van der Waals surface area contributed by atoms with Crippen LogP contribution in [0.15, 0.2) is 79.3 Å². The Balaban J connectivity index is 1.98. The molecule has 0 radical (unpaired) electrons. The van der Waals surface area contributed by atoms with Gasteiger partial charge in [0.25, 0.3) is 0 Å². The van der Waals surface area contributed by atoms with Gasteiger partial charge >= 0.3 is 0 Å². The molecule has 0 N–H and O–H groups in total. The SMILES string of the molecule is Clc1cccc(C(c2ccnc3ccccc23)n2cccn2)c1. The molecule has 2 heterocycles. The first-order chi connectivity index (χ1) is 11.3. The second-order valence-electron chi connectivity index (χ2n) is 5.36. The van der Waals surface area contributed by atoms with Crippen LogP contribution in [0.5, 0.6) is 0 Å². The molecule has 0 aliphatic heterocycles. The maximum atomic E-state index is 6.21. The molecule has 2 aromatic carbocycles. The van der Waals surface area contributed by atoms with Gasteiger partial charge in [-0.05, 0) is 41.5 Å². The van der Waals surface area contributed by atoms with Crippen molar-refractivity contribution in [3.63, 3.8) is 0 Å². The van der Waals surface area contributed by atoms with E-state index in [1.807, 2.05) is 59.5 Å². The molecule has 0 aliphatic carbocycles. The van der Waals surface area contributed by atoms with E-state index in [0.717, 1.165) is 27.1 Å². The summed E-state index contributed by atoms with van der Waals surface area (Å²) in [7, 11) is 0. The molecule has 23 heavy (non-hydrogen) atoms. The predicted molar refractivity (Wildman–Crippen MR) is 92.7 cm³/mol. The van der Waals surface area contributed by atoms with Gasteiger partial charge in [-0.2, -0.15) is 5.10 Å². The highest BCUT2D eigenvalue weighted by molar-refractivity contribution is 6.30. The lowest BCUT2D eigenvalue weighted by molar-refractivity contribution is 0.599. The van der Waals surface area contributed by atoms with Crippen molar-refractivity contribution in [1.29, 1.82) is 0 Å². The molecule has 0 fully saturated rings. The Kier molecular flexibility index (Phi) is 3.56. The van der Waals surface area contributed by atoms with Crippen molar-refractivity contribution in [3.8, 4) is 0 Å². The van der Waals surface area contributed by atoms with Gasteiger partial charge in [-0.15, -0.1) is 0 Å². The largest absolute Gasteiger partial charge is 0.261 e. The van der Waals surface area contributed by atoms with E-state index < -0.39 is 0 Å². The summed E-state index contributed by atoms with van der Waals surface area (Å²) in [6.07, 6.45) is 5.61. The number of hydrogen-bond donors (Lipinski definition) is 0. The summed E-state index contributed by atoms with van der Waals surface area (Å²) >= 11 is 6.21. The van der Waals surface area contributed by atoms with E-state index in [0.29, 0.717) is 0 Å². The molecule has 4 heteroatoms. The average molecular weight is 320 g/mol. The van der Waals surface area contributed by atoms with Gasteiger partial charge in [0.1, 0.15) is 6.04 Å². The minimum absolute atomic E-state index is 0.0448. The fraction of sp³-hybridized carbons (Fsp3) is 0.0526. The second-order valence-corrected chi connectivity index (χ2v) is 5.80. The third kappa shape index (κ3) is 2.60. The van der Waals surface area contributed by atoms with Gasteiger partial charge in [0, 0.05) is 29.0 Å². The highest BCUT2D eigenvalue weighted by atomic mass is 35.5. The minimum Gasteiger partial charge on any atom is -0.261 e. The van der Waals surface area contributed by atoms with Gasteiger partial charge < -0.3 is 0 Å². The fourth-order valence-electron chi connectivity index (χ4n) is 2.94. The number of benzene rings is 2. The van der Waals surface area contributed by atoms with Crippen molar-refractivity contribution in [3.05, 3.63) is 95.4 Å². The molecule has 0 spiro atoms. The Morgan fingerprint density at radius 1 is 0.913 bits per heavy atom. The zero-order chi connectivity index (χ0) is 15.6. The molecule has 0 saturated heterocycles. The Hall–Kier alpha value is -2.65. The first-order valence-electron chi connectivity index (χ1n) is 7.41. The zero-order valence-electron chi connectivity index (χ0n) is 12.3. The summed E-state index contributed by atoms with van der Waals surface area (Å²) in [5, 5.41) is 6.30. The monoisotopic (exact) mass is 319 g/mol. The van der Waals surface area contributed by atoms with Crippen LogP contribution in [0.1, 0.15) is 17.2 Å². The van der Waals surface area contributed by atoms with Crippen LogP contribution < -0.4 is 0 Å². The fourth-order valence-corrected chi connectivity index (χ4v) is 3.14. The highest BCUT2D eigenvalue weighted by Crippen LogP contribution is 2.31. The number of nitrogens with zero attached hydrogens (tertiary/aromatic N) is 3. The lowest BCUT2D eigenvalue weighted by Gasteiger charge is -2.20. The molecule has 0 bridgehead atoms. The smallest absolute Gasteiger partial charge is 0.103 e. The molecule has 4 rings (SSSR count). The van der Waals surface area contributed by atoms with Gasteiger partial charge in [0.2, 0.25) is 0 Å². The molecule has 112 valence electrons. The summed E-state index contributed by atoms with van der Waals surface area (Å²) < 4.78 is 1.95. The summed E-state index contributed by atoms with van der Waals surface area (Å²) in [6, 6.07) is 20.0. The molecule has 4 aromatic rings. The van der Waals surface area contributed by atoms with Crippen LogP contribution in [0.25, 0.3) is 10.9 Å². The van der Waals surface area contributed by atoms with Crippen molar-refractivity contribution >= 4 is 22.5 Å². The lowest BCUT2D eigenvalue weighted by Crippen LogP contribution is -2.13. The van der Waals surface area contributed by atoms with Crippen LogP contribution >= 0.6 is 11.6 Å². The molecule has 1 atom stereocenters. The van der Waals surface area contributed by atoms with Gasteiger partial charge in [-0.25, -0.2) is 0 Å². The van der Waals surface area contributed by atoms with Gasteiger partial charge in [0.05, 0.1) is 5.52 Å². The second kappa shape index (κ2) is 5.86. The topological polar surface area (TPSA) is 30.7 Å². The zero-order valence-corrected chi connectivity index (χ0v) is 13.1. The third-order valence-corrected chi connectivity index (χ3v) is 4.17. The van der Waals surface area contributed by atoms with Crippen LogP contribution in [0.3, 0.4) is 0 Å². The number of para-hydroxylation sites is 1. The van der Waals surface area contributed by atoms with E-state index in [1.165, 1.54) is 0 Å². The van der Waals surface area contributed by atoms with E-state index in [2.05, 4.69) is 28.3 Å². The maximum absolute atomic E-state index is 6.21. The lowest BCUT2D eigenvalue weighted by atomic mass is 9.96. The van der Waals surface area contributed by atoms with Crippen LogP contribution in [-0.4, -0.2) is 14.8 Å². The number of hydrogen-bond acceptors (Lipinski definition) is 2. The van der Waals surface area contributed by atoms with Gasteiger partial charge in [0.15, 0.2) is 0 Å². The van der Waals surface area contributed by atoms with E-state index in [9.17, 15) is 0 Å². The van der Waals surface area contributed by atoms with Crippen LogP contribution in [-0.2, 0) is 0 Å². The minimum atomic E-state index is -0.0448. The van der Waals surface area contributed by atoms with Crippen molar-refractivity contribution < 1.29 is 0 Å². The average Bonchev–Trinajstić information content (AvgIpc) is 3.10. The first-order valence-corrected chi connectivity index (χ1v) is 7.79. The standard InChI is InChI=1S/C19H14ClN3/c20-15-6-3-5-14(13-15)19(23-12-4-10-22-23)17-9-11-21-18-8-2-1-7-16(17)18/h1-13,19H. The van der Waals surface area contributed by atoms with E-state index in [1.54, 1.807) is 6.20 Å². The van der Waals surface area contributed by atoms with Crippen molar-refractivity contribution in [2.24, 2.45) is 0 Å². The predicted octanol–water partition coefficient (Wildman–Crippen LogP) is 4.72. The Morgan fingerprint density at radius 2 is 1.83 bits per heavy atom. The number of rotatable bonds is 3. The van der Waals surface area contributed by atoms with Crippen molar-refractivity contribution in [1.82, 2.24) is 14.8 Å². The van der Waals surface area contributed by atoms with Crippen molar-refractivity contribution in [2.75, 3.05) is 0 Å². The summed E-state index contributed by atoms with van der Waals surface area (Å²) in [5.41, 5.74) is 3.23. The molecule has 2 aromatic heterocycles. The molecule has 3 nitrogen and oxygen atoms in total. The number of aromatic nitrogens is 3. The van der Waals surface area contributed by atoms with E-state index >= 15 is 0 Å². The normalized spacial score (nSPS) is 12.4. The summed E-state index contributed by atoms with van der Waals surface area (Å²) in [5.74, 6) is 0. The molecule has 1 unspecified atom stereocenters. The van der Waals surface area contributed by atoms with Crippen molar-refractivity contribution in [2.45, 2.75) is 6.04 Å². The van der Waals surface area contributed by atoms with E-state index in [4.69, 9.17) is 11.6 Å². The molecule has 0 saturated carbocycles. The first kappa shape index (κ1) is 14.0. The molecule has 0 aliphatic rings. The Bertz CT molecular complexity index is 942. The quantitative estimate of drug-likeness (QED) is 0.547. The molecular weight excluding hydrogens is 306 g/mol. The van der Waals surface area contributed by atoms with Crippen LogP contribution in [0.4, 0.5) is 0 Å². The summed E-state index contributed by atoms with van der Waals surface area (Å²) in [4.78, 5) is 4.46. The number of pyridine rings is 1. The molecular formula is C19H14ClN3. The third-order valence-electron chi connectivity index (χ3n) is 3.93. The van der Waals surface area contributed by atoms with Crippen LogP contribution in [0.2, 0.25) is 5.02 Å². The molecule has 0 amide bonds. The highest BCUT2D eigenvalue weighted by Gasteiger charge is 2.19. The maximum Gasteiger partial charge on any atom is 0.103 e. The summed E-state index contributed by atoms with van der Waals surface area (Å²) in [6.45, 7) is 0. The van der Waals surface area contributed by atoms with Gasteiger partial charge in [-0.3, -0.25) is 9.67 Å². The van der Waals surface area contributed by atoms with E-state index in [-0.39, 0.29) is 6.04 Å². The van der Waals surface area contributed by atoms with Crippen LogP contribution in [0, 0.1) is 0 Å². The number of fused-ring (bicyclic) bond motifs is 1. The number of halogens is 1. The Morgan fingerprint density at radius 3 is 2.65 bits per heavy atom.